The Balaban J connectivity index is 1.51. The van der Waals surface area contributed by atoms with Gasteiger partial charge in [-0.05, 0) is 50.1 Å². The summed E-state index contributed by atoms with van der Waals surface area (Å²) in [4.78, 5) is 29.1. The van der Waals surface area contributed by atoms with Crippen molar-refractivity contribution in [3.05, 3.63) is 82.7 Å². The van der Waals surface area contributed by atoms with E-state index in [1.807, 2.05) is 44.0 Å². The second kappa shape index (κ2) is 7.91. The van der Waals surface area contributed by atoms with Crippen LogP contribution in [0.25, 0.3) is 11.3 Å². The van der Waals surface area contributed by atoms with Gasteiger partial charge >= 0.3 is 0 Å². The summed E-state index contributed by atoms with van der Waals surface area (Å²) < 4.78 is 14.9. The number of hydrogen-bond acceptors (Lipinski definition) is 6. The number of nitrogens with zero attached hydrogens (tertiary/aromatic N) is 4. The lowest BCUT2D eigenvalue weighted by Crippen LogP contribution is -2.33. The molecule has 32 heavy (non-hydrogen) atoms. The van der Waals surface area contributed by atoms with Gasteiger partial charge in [0, 0.05) is 53.9 Å². The van der Waals surface area contributed by atoms with E-state index in [1.165, 1.54) is 6.07 Å². The third-order valence-corrected chi connectivity index (χ3v) is 6.11. The first-order valence-electron chi connectivity index (χ1n) is 10.7. The van der Waals surface area contributed by atoms with E-state index in [0.717, 1.165) is 22.5 Å². The molecule has 162 valence electrons. The number of carbonyl (C=O) groups is 1. The standard InChI is InChI=1S/C25H24FN5O/c1-14-6-5-9-27-22(14)21-18(7-4-8-20(21)26)24(32)23-19-13-31(12-17(19)11-28-23)25-29-15(2)10-16(3)30-25/h4-10,13,17,23,28H,11-12H2,1-3H3. The number of anilines is 1. The SMILES string of the molecule is Cc1cc(C)nc(N2C=C3C(CNC3C(=O)c3cccc(F)c3-c3ncccc3C)C2)n1. The highest BCUT2D eigenvalue weighted by molar-refractivity contribution is 6.07. The fourth-order valence-electron chi connectivity index (χ4n) is 4.64. The largest absolute Gasteiger partial charge is 0.316 e. The first-order valence-corrected chi connectivity index (χ1v) is 10.7. The Labute approximate surface area is 186 Å². The number of nitrogens with one attached hydrogen (secondary N) is 1. The Hall–Kier alpha value is -3.45. The van der Waals surface area contributed by atoms with Gasteiger partial charge in [-0.3, -0.25) is 9.78 Å². The molecule has 1 aromatic carbocycles. The van der Waals surface area contributed by atoms with Crippen molar-refractivity contribution in [2.75, 3.05) is 18.0 Å². The van der Waals surface area contributed by atoms with Crippen molar-refractivity contribution < 1.29 is 9.18 Å². The Morgan fingerprint density at radius 1 is 1.12 bits per heavy atom. The summed E-state index contributed by atoms with van der Waals surface area (Å²) in [5, 5.41) is 3.34. The lowest BCUT2D eigenvalue weighted by Gasteiger charge is -2.17. The summed E-state index contributed by atoms with van der Waals surface area (Å²) in [5.74, 6) is 0.229. The maximum absolute atomic E-state index is 14.9. The van der Waals surface area contributed by atoms with Gasteiger partial charge in [0.05, 0.1) is 11.7 Å². The number of aryl methyl sites for hydroxylation is 3. The molecule has 1 saturated heterocycles. The number of pyridine rings is 1. The average molecular weight is 429 g/mol. The van der Waals surface area contributed by atoms with E-state index >= 15 is 0 Å². The Kier molecular flexibility index (Phi) is 5.06. The van der Waals surface area contributed by atoms with Gasteiger partial charge in [-0.15, -0.1) is 0 Å². The van der Waals surface area contributed by atoms with Crippen LogP contribution >= 0.6 is 0 Å². The van der Waals surface area contributed by atoms with Crippen LogP contribution < -0.4 is 10.2 Å². The molecule has 1 fully saturated rings. The summed E-state index contributed by atoms with van der Waals surface area (Å²) in [6, 6.07) is 9.73. The molecule has 4 heterocycles. The number of aromatic nitrogens is 3. The topological polar surface area (TPSA) is 71.0 Å². The molecule has 2 aliphatic rings. The van der Waals surface area contributed by atoms with Gasteiger partial charge in [0.25, 0.3) is 0 Å². The average Bonchev–Trinajstić information content (AvgIpc) is 3.34. The molecule has 0 spiro atoms. The summed E-state index contributed by atoms with van der Waals surface area (Å²) in [6.07, 6.45) is 3.60. The third kappa shape index (κ3) is 3.48. The van der Waals surface area contributed by atoms with Crippen molar-refractivity contribution >= 4 is 11.7 Å². The fraction of sp³-hybridized carbons (Fsp3) is 0.280. The number of fused-ring (bicyclic) bond motifs is 1. The van der Waals surface area contributed by atoms with Gasteiger partial charge in [-0.25, -0.2) is 14.4 Å². The molecule has 2 aliphatic heterocycles. The van der Waals surface area contributed by atoms with Crippen molar-refractivity contribution in [3.63, 3.8) is 0 Å². The second-order valence-electron chi connectivity index (χ2n) is 8.47. The highest BCUT2D eigenvalue weighted by atomic mass is 19.1. The van der Waals surface area contributed by atoms with Gasteiger partial charge < -0.3 is 10.2 Å². The molecule has 0 bridgehead atoms. The second-order valence-corrected chi connectivity index (χ2v) is 8.47. The Morgan fingerprint density at radius 3 is 2.66 bits per heavy atom. The molecule has 7 heteroatoms. The van der Waals surface area contributed by atoms with E-state index in [9.17, 15) is 9.18 Å². The molecule has 6 nitrogen and oxygen atoms in total. The molecule has 2 atom stereocenters. The van der Waals surface area contributed by atoms with E-state index in [0.29, 0.717) is 30.3 Å². The number of hydrogen-bond donors (Lipinski definition) is 1. The minimum absolute atomic E-state index is 0.151. The molecule has 0 aliphatic carbocycles. The van der Waals surface area contributed by atoms with E-state index in [1.54, 1.807) is 24.4 Å². The zero-order valence-corrected chi connectivity index (χ0v) is 18.3. The van der Waals surface area contributed by atoms with Gasteiger partial charge in [0.1, 0.15) is 5.82 Å². The van der Waals surface area contributed by atoms with Crippen LogP contribution in [0.3, 0.4) is 0 Å². The third-order valence-electron chi connectivity index (χ3n) is 6.11. The predicted molar refractivity (Wildman–Crippen MR) is 121 cm³/mol. The van der Waals surface area contributed by atoms with Crippen molar-refractivity contribution in [3.8, 4) is 11.3 Å². The molecule has 0 radical (unpaired) electrons. The summed E-state index contributed by atoms with van der Waals surface area (Å²) >= 11 is 0. The highest BCUT2D eigenvalue weighted by Crippen LogP contribution is 2.35. The molecule has 2 unspecified atom stereocenters. The molecule has 2 aromatic heterocycles. The van der Waals surface area contributed by atoms with Crippen LogP contribution in [0, 0.1) is 32.5 Å². The normalized spacial score (nSPS) is 19.8. The molecular formula is C25H24FN5O. The monoisotopic (exact) mass is 429 g/mol. The summed E-state index contributed by atoms with van der Waals surface area (Å²) in [5.41, 5.74) is 4.72. The summed E-state index contributed by atoms with van der Waals surface area (Å²) in [6.45, 7) is 7.15. The van der Waals surface area contributed by atoms with Crippen molar-refractivity contribution in [2.24, 2.45) is 5.92 Å². The maximum atomic E-state index is 14.9. The summed E-state index contributed by atoms with van der Waals surface area (Å²) in [7, 11) is 0. The number of halogens is 1. The molecule has 0 saturated carbocycles. The van der Waals surface area contributed by atoms with Crippen LogP contribution in [0.15, 0.2) is 54.4 Å². The molecule has 0 amide bonds. The maximum Gasteiger partial charge on any atom is 0.229 e. The molecular weight excluding hydrogens is 405 g/mol. The van der Waals surface area contributed by atoms with Crippen LogP contribution in [0.5, 0.6) is 0 Å². The van der Waals surface area contributed by atoms with Crippen molar-refractivity contribution in [1.82, 2.24) is 20.3 Å². The minimum atomic E-state index is -0.513. The van der Waals surface area contributed by atoms with E-state index in [4.69, 9.17) is 0 Å². The van der Waals surface area contributed by atoms with Crippen LogP contribution in [0.1, 0.15) is 27.3 Å². The van der Waals surface area contributed by atoms with Crippen LogP contribution in [-0.2, 0) is 0 Å². The van der Waals surface area contributed by atoms with Crippen LogP contribution in [0.4, 0.5) is 10.3 Å². The number of Topliss-reactive ketones (excluding diaryl/α,β-unsaturated/α-hetero) is 1. The number of rotatable bonds is 4. The molecule has 3 aromatic rings. The molecule has 1 N–H and O–H groups in total. The van der Waals surface area contributed by atoms with E-state index in [2.05, 4.69) is 20.3 Å². The lowest BCUT2D eigenvalue weighted by atomic mass is 9.91. The first-order chi connectivity index (χ1) is 15.4. The lowest BCUT2D eigenvalue weighted by molar-refractivity contribution is 0.0966. The Morgan fingerprint density at radius 2 is 1.91 bits per heavy atom. The zero-order valence-electron chi connectivity index (χ0n) is 18.3. The number of benzene rings is 1. The highest BCUT2D eigenvalue weighted by Gasteiger charge is 2.41. The van der Waals surface area contributed by atoms with Crippen LogP contribution in [0.2, 0.25) is 0 Å². The number of ketones is 1. The van der Waals surface area contributed by atoms with Crippen LogP contribution in [-0.4, -0.2) is 39.9 Å². The van der Waals surface area contributed by atoms with E-state index < -0.39 is 11.9 Å². The van der Waals surface area contributed by atoms with Gasteiger partial charge in [0.15, 0.2) is 5.78 Å². The zero-order chi connectivity index (χ0) is 22.4. The van der Waals surface area contributed by atoms with Gasteiger partial charge in [-0.2, -0.15) is 0 Å². The van der Waals surface area contributed by atoms with Crippen molar-refractivity contribution in [1.29, 1.82) is 0 Å². The number of carbonyl (C=O) groups excluding carboxylic acids is 1. The Bertz CT molecular complexity index is 1230. The van der Waals surface area contributed by atoms with Gasteiger partial charge in [0.2, 0.25) is 5.95 Å². The predicted octanol–water partition coefficient (Wildman–Crippen LogP) is 3.78. The van der Waals surface area contributed by atoms with Crippen molar-refractivity contribution in [2.45, 2.75) is 26.8 Å². The smallest absolute Gasteiger partial charge is 0.229 e. The fourth-order valence-corrected chi connectivity index (χ4v) is 4.64. The van der Waals surface area contributed by atoms with E-state index in [-0.39, 0.29) is 17.3 Å². The molecule has 5 rings (SSSR count). The first kappa shape index (κ1) is 20.5. The van der Waals surface area contributed by atoms with Gasteiger partial charge in [-0.1, -0.05) is 18.2 Å². The minimum Gasteiger partial charge on any atom is -0.316 e. The quantitative estimate of drug-likeness (QED) is 0.637.